The first kappa shape index (κ1) is 12.3. The highest BCUT2D eigenvalue weighted by Crippen LogP contribution is 2.00. The molecule has 88 valence electrons. The third-order valence-corrected chi connectivity index (χ3v) is 1.73. The Hall–Kier alpha value is -1.73. The lowest BCUT2D eigenvalue weighted by molar-refractivity contribution is 0.0690. The van der Waals surface area contributed by atoms with Crippen molar-refractivity contribution in [3.05, 3.63) is 18.0 Å². The number of carboxylic acid groups (broad SMARTS) is 1. The van der Waals surface area contributed by atoms with Crippen molar-refractivity contribution in [2.24, 2.45) is 0 Å². The van der Waals surface area contributed by atoms with Crippen molar-refractivity contribution in [2.75, 3.05) is 25.6 Å². The summed E-state index contributed by atoms with van der Waals surface area (Å²) in [5.41, 5.74) is -0.0984. The number of methoxy groups -OCH3 is 1. The number of rotatable bonds is 6. The van der Waals surface area contributed by atoms with Crippen LogP contribution in [0.25, 0.3) is 0 Å². The number of nitrogens with one attached hydrogen (secondary N) is 1. The van der Waals surface area contributed by atoms with E-state index >= 15 is 0 Å². The molecule has 1 heterocycles. The Balaban J connectivity index is 2.54. The number of aliphatic hydroxyl groups is 1. The number of hydrogen-bond donors (Lipinski definition) is 3. The van der Waals surface area contributed by atoms with E-state index in [2.05, 4.69) is 15.3 Å². The predicted molar refractivity (Wildman–Crippen MR) is 55.4 cm³/mol. The molecule has 1 aromatic heterocycles. The number of carboxylic acids is 1. The molecule has 16 heavy (non-hydrogen) atoms. The van der Waals surface area contributed by atoms with Gasteiger partial charge >= 0.3 is 5.97 Å². The molecule has 0 bridgehead atoms. The summed E-state index contributed by atoms with van der Waals surface area (Å²) in [4.78, 5) is 18.2. The second-order valence-corrected chi connectivity index (χ2v) is 3.06. The number of hydrogen-bond acceptors (Lipinski definition) is 6. The van der Waals surface area contributed by atoms with E-state index in [-0.39, 0.29) is 24.8 Å². The molecule has 0 aliphatic rings. The van der Waals surface area contributed by atoms with Crippen LogP contribution in [0.4, 0.5) is 5.95 Å². The summed E-state index contributed by atoms with van der Waals surface area (Å²) in [6.07, 6.45) is 0.642. The Morgan fingerprint density at radius 2 is 2.44 bits per heavy atom. The molecule has 0 fully saturated rings. The topological polar surface area (TPSA) is 105 Å². The van der Waals surface area contributed by atoms with Crippen LogP contribution in [0.5, 0.6) is 0 Å². The molecular formula is C9H13N3O4. The molecule has 0 amide bonds. The van der Waals surface area contributed by atoms with E-state index in [1.54, 1.807) is 0 Å². The summed E-state index contributed by atoms with van der Waals surface area (Å²) in [7, 11) is 1.48. The first-order valence-corrected chi connectivity index (χ1v) is 4.60. The standard InChI is InChI=1S/C9H13N3O4/c1-16-5-6(13)4-11-9-10-3-2-7(12-9)8(14)15/h2-3,6,13H,4-5H2,1H3,(H,14,15)(H,10,11,12). The van der Waals surface area contributed by atoms with Gasteiger partial charge in [-0.1, -0.05) is 0 Å². The number of aliphatic hydroxyl groups excluding tert-OH is 1. The van der Waals surface area contributed by atoms with Gasteiger partial charge in [0.25, 0.3) is 0 Å². The summed E-state index contributed by atoms with van der Waals surface area (Å²) < 4.78 is 4.73. The van der Waals surface area contributed by atoms with Crippen LogP contribution >= 0.6 is 0 Å². The summed E-state index contributed by atoms with van der Waals surface area (Å²) in [6.45, 7) is 0.378. The SMILES string of the molecule is COCC(O)CNc1nccc(C(=O)O)n1. The number of aromatic carboxylic acids is 1. The zero-order chi connectivity index (χ0) is 12.0. The second-order valence-electron chi connectivity index (χ2n) is 3.06. The number of ether oxygens (including phenoxy) is 1. The van der Waals surface area contributed by atoms with Gasteiger partial charge in [-0.15, -0.1) is 0 Å². The third kappa shape index (κ3) is 3.79. The smallest absolute Gasteiger partial charge is 0.354 e. The molecule has 0 aliphatic heterocycles. The minimum absolute atomic E-state index is 0.0984. The van der Waals surface area contributed by atoms with Crippen molar-refractivity contribution in [2.45, 2.75) is 6.10 Å². The molecule has 3 N–H and O–H groups in total. The summed E-state index contributed by atoms with van der Waals surface area (Å²) in [5.74, 6) is -0.960. The number of carbonyl (C=O) groups is 1. The molecule has 7 heteroatoms. The van der Waals surface area contributed by atoms with Gasteiger partial charge in [0.05, 0.1) is 12.7 Å². The zero-order valence-corrected chi connectivity index (χ0v) is 8.75. The predicted octanol–water partition coefficient (Wildman–Crippen LogP) is -0.406. The molecule has 7 nitrogen and oxygen atoms in total. The number of anilines is 1. The van der Waals surface area contributed by atoms with E-state index in [0.717, 1.165) is 0 Å². The van der Waals surface area contributed by atoms with Gasteiger partial charge in [0.15, 0.2) is 5.69 Å². The van der Waals surface area contributed by atoms with Crippen LogP contribution in [0.1, 0.15) is 10.5 Å². The van der Waals surface area contributed by atoms with E-state index in [1.165, 1.54) is 19.4 Å². The monoisotopic (exact) mass is 227 g/mol. The molecule has 1 aromatic rings. The Morgan fingerprint density at radius 3 is 3.06 bits per heavy atom. The van der Waals surface area contributed by atoms with E-state index in [4.69, 9.17) is 9.84 Å². The Labute approximate surface area is 92.1 Å². The van der Waals surface area contributed by atoms with Crippen molar-refractivity contribution < 1.29 is 19.7 Å². The molecule has 1 unspecified atom stereocenters. The Kier molecular flexibility index (Phi) is 4.62. The van der Waals surface area contributed by atoms with Crippen LogP contribution in [0.15, 0.2) is 12.3 Å². The summed E-state index contributed by atoms with van der Waals surface area (Å²) >= 11 is 0. The fraction of sp³-hybridized carbons (Fsp3) is 0.444. The van der Waals surface area contributed by atoms with E-state index in [9.17, 15) is 9.90 Å². The number of nitrogens with zero attached hydrogens (tertiary/aromatic N) is 2. The van der Waals surface area contributed by atoms with Crippen molar-refractivity contribution in [3.63, 3.8) is 0 Å². The van der Waals surface area contributed by atoms with Crippen molar-refractivity contribution in [1.29, 1.82) is 0 Å². The van der Waals surface area contributed by atoms with Crippen LogP contribution in [-0.2, 0) is 4.74 Å². The van der Waals surface area contributed by atoms with Gasteiger partial charge in [0, 0.05) is 19.9 Å². The summed E-state index contributed by atoms with van der Waals surface area (Å²) in [6, 6.07) is 1.29. The van der Waals surface area contributed by atoms with Crippen LogP contribution in [0.3, 0.4) is 0 Å². The maximum atomic E-state index is 10.6. The highest BCUT2D eigenvalue weighted by Gasteiger charge is 2.07. The summed E-state index contributed by atoms with van der Waals surface area (Å²) in [5, 5.41) is 20.7. The third-order valence-electron chi connectivity index (χ3n) is 1.73. The average Bonchev–Trinajstić information content (AvgIpc) is 2.27. The highest BCUT2D eigenvalue weighted by molar-refractivity contribution is 5.85. The molecule has 0 saturated carbocycles. The lowest BCUT2D eigenvalue weighted by Crippen LogP contribution is -2.25. The fourth-order valence-electron chi connectivity index (χ4n) is 1.02. The maximum Gasteiger partial charge on any atom is 0.354 e. The van der Waals surface area contributed by atoms with Crippen LogP contribution in [0, 0.1) is 0 Å². The molecule has 0 saturated heterocycles. The zero-order valence-electron chi connectivity index (χ0n) is 8.75. The van der Waals surface area contributed by atoms with Gasteiger partial charge < -0.3 is 20.3 Å². The Morgan fingerprint density at radius 1 is 1.69 bits per heavy atom. The lowest BCUT2D eigenvalue weighted by Gasteiger charge is -2.10. The fourth-order valence-corrected chi connectivity index (χ4v) is 1.02. The molecule has 1 atom stereocenters. The largest absolute Gasteiger partial charge is 0.477 e. The first-order chi connectivity index (χ1) is 7.63. The molecule has 0 aromatic carbocycles. The van der Waals surface area contributed by atoms with E-state index in [1.807, 2.05) is 0 Å². The van der Waals surface area contributed by atoms with Crippen LogP contribution in [-0.4, -0.2) is 52.5 Å². The Bertz CT molecular complexity index is 358. The van der Waals surface area contributed by atoms with E-state index in [0.29, 0.717) is 0 Å². The molecule has 0 spiro atoms. The van der Waals surface area contributed by atoms with Gasteiger partial charge in [-0.3, -0.25) is 0 Å². The van der Waals surface area contributed by atoms with Crippen molar-refractivity contribution >= 4 is 11.9 Å². The first-order valence-electron chi connectivity index (χ1n) is 4.60. The van der Waals surface area contributed by atoms with Gasteiger partial charge in [0.1, 0.15) is 0 Å². The van der Waals surface area contributed by atoms with Gasteiger partial charge in [-0.2, -0.15) is 0 Å². The molecule has 0 aliphatic carbocycles. The van der Waals surface area contributed by atoms with Crippen LogP contribution < -0.4 is 5.32 Å². The molecule has 0 radical (unpaired) electrons. The minimum atomic E-state index is -1.12. The quantitative estimate of drug-likeness (QED) is 0.607. The van der Waals surface area contributed by atoms with Gasteiger partial charge in [-0.25, -0.2) is 14.8 Å². The van der Waals surface area contributed by atoms with Crippen LogP contribution in [0.2, 0.25) is 0 Å². The highest BCUT2D eigenvalue weighted by atomic mass is 16.5. The van der Waals surface area contributed by atoms with Crippen molar-refractivity contribution in [3.8, 4) is 0 Å². The second kappa shape index (κ2) is 5.99. The minimum Gasteiger partial charge on any atom is -0.477 e. The van der Waals surface area contributed by atoms with Gasteiger partial charge in [-0.05, 0) is 6.07 Å². The maximum absolute atomic E-state index is 10.6. The van der Waals surface area contributed by atoms with Crippen molar-refractivity contribution in [1.82, 2.24) is 9.97 Å². The number of aromatic nitrogens is 2. The average molecular weight is 227 g/mol. The van der Waals surface area contributed by atoms with E-state index < -0.39 is 12.1 Å². The molecule has 1 rings (SSSR count). The van der Waals surface area contributed by atoms with Gasteiger partial charge in [0.2, 0.25) is 5.95 Å². The normalized spacial score (nSPS) is 12.1. The lowest BCUT2D eigenvalue weighted by atomic mass is 10.4. The molecular weight excluding hydrogens is 214 g/mol.